The van der Waals surface area contributed by atoms with Gasteiger partial charge in [0.25, 0.3) is 5.91 Å². The first-order valence-corrected chi connectivity index (χ1v) is 8.77. The monoisotopic (exact) mass is 343 g/mol. The molecule has 1 aliphatic heterocycles. The number of hydrogen-bond acceptors (Lipinski definition) is 3. The molecule has 4 nitrogen and oxygen atoms in total. The number of fused-ring (bicyclic) bond motifs is 1. The van der Waals surface area contributed by atoms with Crippen molar-refractivity contribution in [2.75, 3.05) is 5.32 Å². The molecule has 1 amide bonds. The lowest BCUT2D eigenvalue weighted by Gasteiger charge is -2.27. The van der Waals surface area contributed by atoms with Gasteiger partial charge in [-0.3, -0.25) is 9.78 Å². The number of hydrogen-bond donors (Lipinski definition) is 1. The minimum Gasteiger partial charge on any atom is -0.360 e. The van der Waals surface area contributed by atoms with Crippen molar-refractivity contribution in [1.29, 1.82) is 0 Å². The molecule has 0 unspecified atom stereocenters. The van der Waals surface area contributed by atoms with Gasteiger partial charge in [0.05, 0.1) is 11.3 Å². The molecule has 1 aliphatic rings. The van der Waals surface area contributed by atoms with E-state index in [0.717, 1.165) is 16.9 Å². The van der Waals surface area contributed by atoms with E-state index in [4.69, 9.17) is 0 Å². The molecule has 1 N–H and O–H groups in total. The maximum atomic E-state index is 13.0. The molecule has 4 heteroatoms. The standard InChI is InChI=1S/C22H21N3O/c1-15-8-6-12-19(16(15)2)24-21-20-18(11-7-13-23-20)22(26)25(21)14-17-9-4-3-5-10-17/h3-13,21,24H,14H2,1-2H3/t21-/m0/s1. The first-order valence-electron chi connectivity index (χ1n) is 8.77. The molecule has 1 aromatic heterocycles. The Morgan fingerprint density at radius 3 is 2.62 bits per heavy atom. The average Bonchev–Trinajstić information content (AvgIpc) is 2.92. The molecule has 26 heavy (non-hydrogen) atoms. The van der Waals surface area contributed by atoms with Gasteiger partial charge in [0.15, 0.2) is 0 Å². The van der Waals surface area contributed by atoms with Crippen LogP contribution in [0.2, 0.25) is 0 Å². The smallest absolute Gasteiger partial charge is 0.258 e. The van der Waals surface area contributed by atoms with E-state index in [-0.39, 0.29) is 12.1 Å². The maximum absolute atomic E-state index is 13.0. The number of nitrogens with zero attached hydrogens (tertiary/aromatic N) is 2. The third-order valence-electron chi connectivity index (χ3n) is 4.99. The molecule has 2 aromatic carbocycles. The molecule has 130 valence electrons. The van der Waals surface area contributed by atoms with Crippen LogP contribution in [0.15, 0.2) is 66.9 Å². The van der Waals surface area contributed by atoms with Gasteiger partial charge in [-0.2, -0.15) is 0 Å². The summed E-state index contributed by atoms with van der Waals surface area (Å²) in [7, 11) is 0. The van der Waals surface area contributed by atoms with Crippen molar-refractivity contribution < 1.29 is 4.79 Å². The minimum atomic E-state index is -0.278. The number of aryl methyl sites for hydroxylation is 1. The third kappa shape index (κ3) is 2.84. The number of aromatic nitrogens is 1. The van der Waals surface area contributed by atoms with Crippen LogP contribution in [0.5, 0.6) is 0 Å². The third-order valence-corrected chi connectivity index (χ3v) is 4.99. The maximum Gasteiger partial charge on any atom is 0.258 e. The fourth-order valence-electron chi connectivity index (χ4n) is 3.38. The van der Waals surface area contributed by atoms with Gasteiger partial charge in [-0.15, -0.1) is 0 Å². The highest BCUT2D eigenvalue weighted by atomic mass is 16.2. The van der Waals surface area contributed by atoms with E-state index in [2.05, 4.69) is 36.3 Å². The van der Waals surface area contributed by atoms with Crippen LogP contribution in [0, 0.1) is 13.8 Å². The molecule has 0 saturated heterocycles. The number of carbonyl (C=O) groups excluding carboxylic acids is 1. The summed E-state index contributed by atoms with van der Waals surface area (Å²) in [5, 5.41) is 3.55. The van der Waals surface area contributed by atoms with Crippen LogP contribution in [0.25, 0.3) is 0 Å². The number of benzene rings is 2. The van der Waals surface area contributed by atoms with Gasteiger partial charge in [-0.1, -0.05) is 42.5 Å². The van der Waals surface area contributed by atoms with E-state index in [9.17, 15) is 4.79 Å². The number of amides is 1. The molecule has 0 radical (unpaired) electrons. The minimum absolute atomic E-state index is 0.0137. The summed E-state index contributed by atoms with van der Waals surface area (Å²) in [6.45, 7) is 4.72. The zero-order valence-electron chi connectivity index (χ0n) is 14.9. The Labute approximate surface area is 153 Å². The Kier molecular flexibility index (Phi) is 4.17. The first kappa shape index (κ1) is 16.3. The number of rotatable bonds is 4. The molecule has 0 aliphatic carbocycles. The van der Waals surface area contributed by atoms with Gasteiger partial charge in [0.2, 0.25) is 0 Å². The van der Waals surface area contributed by atoms with Crippen LogP contribution in [0.1, 0.15) is 38.9 Å². The van der Waals surface area contributed by atoms with E-state index in [1.165, 1.54) is 11.1 Å². The highest BCUT2D eigenvalue weighted by Crippen LogP contribution is 2.35. The van der Waals surface area contributed by atoms with Crippen LogP contribution < -0.4 is 5.32 Å². The van der Waals surface area contributed by atoms with Gasteiger partial charge in [-0.05, 0) is 48.7 Å². The molecule has 3 aromatic rings. The molecule has 0 saturated carbocycles. The van der Waals surface area contributed by atoms with Crippen molar-refractivity contribution in [2.24, 2.45) is 0 Å². The summed E-state index contributed by atoms with van der Waals surface area (Å²) in [5.41, 5.74) is 5.99. The predicted octanol–water partition coefficient (Wildman–Crippen LogP) is 4.47. The largest absolute Gasteiger partial charge is 0.360 e. The number of pyridine rings is 1. The molecule has 0 spiro atoms. The topological polar surface area (TPSA) is 45.2 Å². The summed E-state index contributed by atoms with van der Waals surface area (Å²) in [4.78, 5) is 19.4. The summed E-state index contributed by atoms with van der Waals surface area (Å²) >= 11 is 0. The van der Waals surface area contributed by atoms with Crippen molar-refractivity contribution in [2.45, 2.75) is 26.6 Å². The van der Waals surface area contributed by atoms with Crippen LogP contribution in [0.4, 0.5) is 5.69 Å². The molecule has 4 rings (SSSR count). The van der Waals surface area contributed by atoms with Crippen molar-refractivity contribution in [3.05, 3.63) is 94.8 Å². The Bertz CT molecular complexity index is 953. The Morgan fingerprint density at radius 1 is 1.00 bits per heavy atom. The van der Waals surface area contributed by atoms with Crippen molar-refractivity contribution in [3.63, 3.8) is 0 Å². The van der Waals surface area contributed by atoms with E-state index >= 15 is 0 Å². The molecule has 0 bridgehead atoms. The van der Waals surface area contributed by atoms with E-state index in [1.54, 1.807) is 6.20 Å². The molecule has 2 heterocycles. The van der Waals surface area contributed by atoms with Gasteiger partial charge in [-0.25, -0.2) is 0 Å². The van der Waals surface area contributed by atoms with Gasteiger partial charge in [0.1, 0.15) is 6.17 Å². The summed E-state index contributed by atoms with van der Waals surface area (Å²) in [6, 6.07) is 19.9. The Hall–Kier alpha value is -3.14. The second-order valence-corrected chi connectivity index (χ2v) is 6.65. The summed E-state index contributed by atoms with van der Waals surface area (Å²) in [5.74, 6) is 0.0137. The highest BCUT2D eigenvalue weighted by Gasteiger charge is 2.38. The van der Waals surface area contributed by atoms with Crippen LogP contribution in [-0.4, -0.2) is 15.8 Å². The lowest BCUT2D eigenvalue weighted by Crippen LogP contribution is -2.32. The second-order valence-electron chi connectivity index (χ2n) is 6.65. The van der Waals surface area contributed by atoms with Gasteiger partial charge >= 0.3 is 0 Å². The molecule has 1 atom stereocenters. The summed E-state index contributed by atoms with van der Waals surface area (Å²) in [6.07, 6.45) is 1.47. The normalized spacial score (nSPS) is 15.8. The van der Waals surface area contributed by atoms with Crippen LogP contribution in [-0.2, 0) is 6.54 Å². The van der Waals surface area contributed by atoms with Gasteiger partial charge in [0, 0.05) is 18.4 Å². The molecular formula is C22H21N3O. The number of carbonyl (C=O) groups is 1. The first-order chi connectivity index (χ1) is 12.6. The lowest BCUT2D eigenvalue weighted by molar-refractivity contribution is 0.0727. The van der Waals surface area contributed by atoms with Crippen LogP contribution in [0.3, 0.4) is 0 Å². The fraction of sp³-hybridized carbons (Fsp3) is 0.182. The predicted molar refractivity (Wildman–Crippen MR) is 103 cm³/mol. The van der Waals surface area contributed by atoms with Crippen molar-refractivity contribution in [1.82, 2.24) is 9.88 Å². The van der Waals surface area contributed by atoms with E-state index in [1.807, 2.05) is 53.4 Å². The van der Waals surface area contributed by atoms with Gasteiger partial charge < -0.3 is 10.2 Å². The Balaban J connectivity index is 1.72. The zero-order valence-corrected chi connectivity index (χ0v) is 14.9. The average molecular weight is 343 g/mol. The highest BCUT2D eigenvalue weighted by molar-refractivity contribution is 5.98. The van der Waals surface area contributed by atoms with E-state index in [0.29, 0.717) is 12.1 Å². The SMILES string of the molecule is Cc1cccc(N[C@@H]2c3ncccc3C(=O)N2Cc2ccccc2)c1C. The van der Waals surface area contributed by atoms with Crippen molar-refractivity contribution in [3.8, 4) is 0 Å². The van der Waals surface area contributed by atoms with E-state index < -0.39 is 0 Å². The summed E-state index contributed by atoms with van der Waals surface area (Å²) < 4.78 is 0. The molecular weight excluding hydrogens is 322 g/mol. The Morgan fingerprint density at radius 2 is 1.81 bits per heavy atom. The lowest BCUT2D eigenvalue weighted by atomic mass is 10.1. The number of nitrogens with one attached hydrogen (secondary N) is 1. The second kappa shape index (κ2) is 6.64. The van der Waals surface area contributed by atoms with Crippen LogP contribution >= 0.6 is 0 Å². The quantitative estimate of drug-likeness (QED) is 0.760. The zero-order chi connectivity index (χ0) is 18.1. The number of anilines is 1. The molecule has 0 fully saturated rings. The fourth-order valence-corrected chi connectivity index (χ4v) is 3.38. The van der Waals surface area contributed by atoms with Crippen molar-refractivity contribution >= 4 is 11.6 Å².